The number of anilines is 1. The first-order valence-electron chi connectivity index (χ1n) is 11.0. The third-order valence-electron chi connectivity index (χ3n) is 5.30. The molecule has 4 rings (SSSR count). The normalized spacial score (nSPS) is 14.3. The van der Waals surface area contributed by atoms with Gasteiger partial charge in [-0.3, -0.25) is 4.79 Å². The van der Waals surface area contributed by atoms with Crippen LogP contribution in [0.1, 0.15) is 35.3 Å². The quantitative estimate of drug-likeness (QED) is 0.361. The molecule has 0 spiro atoms. The van der Waals surface area contributed by atoms with Gasteiger partial charge in [0.05, 0.1) is 29.1 Å². The molecule has 1 heterocycles. The maximum Gasteiger partial charge on any atom is 0.335 e. The van der Waals surface area contributed by atoms with E-state index in [1.54, 1.807) is 25.1 Å². The number of carboxylic acids is 1. The predicted octanol–water partition coefficient (Wildman–Crippen LogP) is 5.93. The lowest BCUT2D eigenvalue weighted by atomic mass is 10.1. The highest BCUT2D eigenvalue weighted by Crippen LogP contribution is 2.36. The largest absolute Gasteiger partial charge is 0.490 e. The second kappa shape index (κ2) is 10.6. The number of ether oxygens (including phenoxy) is 2. The molecule has 0 aromatic heterocycles. The van der Waals surface area contributed by atoms with Gasteiger partial charge in [0.25, 0.3) is 5.91 Å². The monoisotopic (exact) mass is 534 g/mol. The van der Waals surface area contributed by atoms with Gasteiger partial charge in [-0.15, -0.1) is 0 Å². The molecule has 0 fully saturated rings. The Bertz CT molecular complexity index is 1330. The number of benzene rings is 3. The van der Waals surface area contributed by atoms with E-state index in [9.17, 15) is 14.7 Å². The predicted molar refractivity (Wildman–Crippen MR) is 138 cm³/mol. The fraction of sp³-hybridized carbons (Fsp3) is 0.148. The maximum absolute atomic E-state index is 13.2. The highest BCUT2D eigenvalue weighted by atomic mass is 79.9. The van der Waals surface area contributed by atoms with Gasteiger partial charge in [-0.2, -0.15) is 10.1 Å². The summed E-state index contributed by atoms with van der Waals surface area (Å²) in [6.07, 6.45) is 1.73. The number of aromatic carboxylic acids is 1. The van der Waals surface area contributed by atoms with Crippen molar-refractivity contribution in [2.24, 2.45) is 5.10 Å². The van der Waals surface area contributed by atoms with Gasteiger partial charge < -0.3 is 14.6 Å². The molecule has 35 heavy (non-hydrogen) atoms. The second-order valence-electron chi connectivity index (χ2n) is 7.74. The van der Waals surface area contributed by atoms with Crippen molar-refractivity contribution in [1.29, 1.82) is 0 Å². The highest BCUT2D eigenvalue weighted by Gasteiger charge is 2.29. The molecular weight excluding hydrogens is 512 g/mol. The molecule has 0 unspecified atom stereocenters. The van der Waals surface area contributed by atoms with Crippen molar-refractivity contribution in [2.75, 3.05) is 11.6 Å². The van der Waals surface area contributed by atoms with Crippen molar-refractivity contribution in [2.45, 2.75) is 20.5 Å². The average molecular weight is 535 g/mol. The molecule has 3 aromatic rings. The minimum Gasteiger partial charge on any atom is -0.490 e. The summed E-state index contributed by atoms with van der Waals surface area (Å²) in [4.78, 5) is 24.5. The third kappa shape index (κ3) is 5.44. The summed E-state index contributed by atoms with van der Waals surface area (Å²) in [6, 6.07) is 19.6. The number of nitrogens with zero attached hydrogens (tertiary/aromatic N) is 2. The standard InChI is InChI=1S/C27H23BrN2O5/c1-3-34-24-14-20(23(28)15-25(24)35-16-18-8-5-4-6-9-18)13-22-17(2)29-30(26(22)31)21-11-7-10-19(12-21)27(32)33/h4-15H,3,16H2,1-2H3,(H,32,33)/b22-13-. The van der Waals surface area contributed by atoms with E-state index in [1.807, 2.05) is 49.4 Å². The fourth-order valence-corrected chi connectivity index (χ4v) is 4.00. The zero-order chi connectivity index (χ0) is 24.9. The second-order valence-corrected chi connectivity index (χ2v) is 8.60. The number of rotatable bonds is 8. The minimum absolute atomic E-state index is 0.0794. The number of halogens is 1. The lowest BCUT2D eigenvalue weighted by molar-refractivity contribution is -0.114. The van der Waals surface area contributed by atoms with Gasteiger partial charge in [-0.05, 0) is 61.4 Å². The first-order chi connectivity index (χ1) is 16.9. The van der Waals surface area contributed by atoms with Gasteiger partial charge in [0.1, 0.15) is 6.61 Å². The van der Waals surface area contributed by atoms with Crippen LogP contribution in [-0.4, -0.2) is 29.3 Å². The van der Waals surface area contributed by atoms with E-state index in [1.165, 1.54) is 17.1 Å². The molecule has 1 N–H and O–H groups in total. The first-order valence-corrected chi connectivity index (χ1v) is 11.7. The third-order valence-corrected chi connectivity index (χ3v) is 5.99. The first kappa shape index (κ1) is 24.2. The zero-order valence-corrected chi connectivity index (χ0v) is 20.8. The molecule has 0 aliphatic carbocycles. The summed E-state index contributed by atoms with van der Waals surface area (Å²) in [5.74, 6) is -0.277. The molecule has 1 aliphatic heterocycles. The van der Waals surface area contributed by atoms with Crippen LogP contribution in [0.5, 0.6) is 11.5 Å². The van der Waals surface area contributed by atoms with Gasteiger partial charge in [0, 0.05) is 4.47 Å². The summed E-state index contributed by atoms with van der Waals surface area (Å²) >= 11 is 3.58. The Morgan fingerprint density at radius 2 is 1.80 bits per heavy atom. The molecule has 1 amide bonds. The fourth-order valence-electron chi connectivity index (χ4n) is 3.56. The molecule has 178 valence electrons. The SMILES string of the molecule is CCOc1cc(/C=C2\C(=O)N(c3cccc(C(=O)O)c3)N=C2C)c(Br)cc1OCc1ccccc1. The Labute approximate surface area is 211 Å². The van der Waals surface area contributed by atoms with E-state index in [2.05, 4.69) is 21.0 Å². The Morgan fingerprint density at radius 3 is 2.51 bits per heavy atom. The summed E-state index contributed by atoms with van der Waals surface area (Å²) in [5.41, 5.74) is 3.14. The molecule has 1 aliphatic rings. The number of carbonyl (C=O) groups excluding carboxylic acids is 1. The lowest BCUT2D eigenvalue weighted by Gasteiger charge is -2.15. The van der Waals surface area contributed by atoms with E-state index < -0.39 is 5.97 Å². The van der Waals surface area contributed by atoms with E-state index in [-0.39, 0.29) is 11.5 Å². The van der Waals surface area contributed by atoms with Crippen molar-refractivity contribution in [3.8, 4) is 11.5 Å². The molecule has 0 saturated heterocycles. The van der Waals surface area contributed by atoms with Crippen LogP contribution in [0.2, 0.25) is 0 Å². The number of hydrogen-bond donors (Lipinski definition) is 1. The summed E-state index contributed by atoms with van der Waals surface area (Å²) in [7, 11) is 0. The van der Waals surface area contributed by atoms with Crippen LogP contribution >= 0.6 is 15.9 Å². The van der Waals surface area contributed by atoms with Crippen LogP contribution < -0.4 is 14.5 Å². The van der Waals surface area contributed by atoms with Crippen LogP contribution in [0.15, 0.2) is 81.9 Å². The van der Waals surface area contributed by atoms with Crippen molar-refractivity contribution in [3.63, 3.8) is 0 Å². The number of carbonyl (C=O) groups is 2. The van der Waals surface area contributed by atoms with E-state index in [4.69, 9.17) is 9.47 Å². The molecule has 0 radical (unpaired) electrons. The van der Waals surface area contributed by atoms with E-state index in [0.29, 0.717) is 41.7 Å². The van der Waals surface area contributed by atoms with Crippen molar-refractivity contribution in [1.82, 2.24) is 0 Å². The van der Waals surface area contributed by atoms with Crippen LogP contribution in [0.4, 0.5) is 5.69 Å². The topological polar surface area (TPSA) is 88.4 Å². The molecule has 7 nitrogen and oxygen atoms in total. The molecule has 0 saturated carbocycles. The molecule has 8 heteroatoms. The van der Waals surface area contributed by atoms with Crippen molar-refractivity contribution < 1.29 is 24.2 Å². The number of hydrogen-bond acceptors (Lipinski definition) is 5. The smallest absolute Gasteiger partial charge is 0.335 e. The lowest BCUT2D eigenvalue weighted by Crippen LogP contribution is -2.21. The molecule has 3 aromatic carbocycles. The van der Waals surface area contributed by atoms with Crippen molar-refractivity contribution >= 4 is 45.3 Å². The van der Waals surface area contributed by atoms with E-state index >= 15 is 0 Å². The Kier molecular flexibility index (Phi) is 7.31. The zero-order valence-electron chi connectivity index (χ0n) is 19.2. The molecule has 0 bridgehead atoms. The van der Waals surface area contributed by atoms with Gasteiger partial charge in [-0.25, -0.2) is 4.79 Å². The summed E-state index contributed by atoms with van der Waals surface area (Å²) in [6.45, 7) is 4.47. The minimum atomic E-state index is -1.07. The Morgan fingerprint density at radius 1 is 1.06 bits per heavy atom. The van der Waals surface area contributed by atoms with Gasteiger partial charge in [0.15, 0.2) is 11.5 Å². The van der Waals surface area contributed by atoms with Gasteiger partial charge in [0.2, 0.25) is 0 Å². The van der Waals surface area contributed by atoms with E-state index in [0.717, 1.165) is 15.6 Å². The Hall–Kier alpha value is -3.91. The van der Waals surface area contributed by atoms with Crippen LogP contribution in [0, 0.1) is 0 Å². The Balaban J connectivity index is 1.62. The summed E-state index contributed by atoms with van der Waals surface area (Å²) < 4.78 is 12.5. The highest BCUT2D eigenvalue weighted by molar-refractivity contribution is 9.10. The average Bonchev–Trinajstić information content (AvgIpc) is 3.14. The van der Waals surface area contributed by atoms with Crippen LogP contribution in [-0.2, 0) is 11.4 Å². The van der Waals surface area contributed by atoms with Crippen LogP contribution in [0.3, 0.4) is 0 Å². The maximum atomic E-state index is 13.2. The van der Waals surface area contributed by atoms with Crippen molar-refractivity contribution in [3.05, 3.63) is 93.5 Å². The molecule has 0 atom stereocenters. The number of hydrazone groups is 1. The van der Waals surface area contributed by atoms with Gasteiger partial charge in [-0.1, -0.05) is 52.3 Å². The molecular formula is C27H23BrN2O5. The van der Waals surface area contributed by atoms with Gasteiger partial charge >= 0.3 is 5.97 Å². The summed E-state index contributed by atoms with van der Waals surface area (Å²) in [5, 5.41) is 14.8. The number of carboxylic acid groups (broad SMARTS) is 1. The van der Waals surface area contributed by atoms with Crippen LogP contribution in [0.25, 0.3) is 6.08 Å². The number of amides is 1.